The zero-order chi connectivity index (χ0) is 10.1. The van der Waals surface area contributed by atoms with Crippen LogP contribution in [0.15, 0.2) is 21.0 Å². The van der Waals surface area contributed by atoms with Crippen LogP contribution in [0.25, 0.3) is 10.2 Å². The average Bonchev–Trinajstić information content (AvgIpc) is 2.60. The smallest absolute Gasteiger partial charge is 0.328 e. The number of fused-ring (bicyclic) bond motifs is 1. The molecule has 0 bridgehead atoms. The first-order valence-corrected chi connectivity index (χ1v) is 5.02. The van der Waals surface area contributed by atoms with Crippen molar-refractivity contribution >= 4 is 21.6 Å². The summed E-state index contributed by atoms with van der Waals surface area (Å²) in [4.78, 5) is 25.7. The molecule has 5 nitrogen and oxygen atoms in total. The SMILES string of the molecule is NCCn1c(=O)[nH]c2ccsc2c1=O. The number of rotatable bonds is 2. The minimum atomic E-state index is -0.397. The summed E-state index contributed by atoms with van der Waals surface area (Å²) in [7, 11) is 0. The van der Waals surface area contributed by atoms with Crippen LogP contribution in [0.2, 0.25) is 0 Å². The Morgan fingerprint density at radius 2 is 2.29 bits per heavy atom. The van der Waals surface area contributed by atoms with E-state index in [1.165, 1.54) is 11.3 Å². The summed E-state index contributed by atoms with van der Waals surface area (Å²) in [5.41, 5.74) is 5.25. The van der Waals surface area contributed by atoms with Crippen LogP contribution in [-0.2, 0) is 6.54 Å². The molecule has 0 aliphatic rings. The van der Waals surface area contributed by atoms with Crippen LogP contribution in [0, 0.1) is 0 Å². The maximum absolute atomic E-state index is 11.7. The van der Waals surface area contributed by atoms with Crippen LogP contribution in [0.4, 0.5) is 0 Å². The van der Waals surface area contributed by atoms with E-state index >= 15 is 0 Å². The standard InChI is InChI=1S/C8H9N3O2S/c9-2-3-11-7(12)6-5(1-4-14-6)10-8(11)13/h1,4H,2-3,9H2,(H,10,13). The van der Waals surface area contributed by atoms with Crippen LogP contribution >= 0.6 is 11.3 Å². The van der Waals surface area contributed by atoms with Crippen LogP contribution in [0.1, 0.15) is 0 Å². The van der Waals surface area contributed by atoms with Crippen molar-refractivity contribution in [3.05, 3.63) is 32.3 Å². The Morgan fingerprint density at radius 3 is 3.00 bits per heavy atom. The average molecular weight is 211 g/mol. The van der Waals surface area contributed by atoms with Gasteiger partial charge in [-0.1, -0.05) is 0 Å². The maximum Gasteiger partial charge on any atom is 0.328 e. The van der Waals surface area contributed by atoms with Crippen LogP contribution in [-0.4, -0.2) is 16.1 Å². The summed E-state index contributed by atoms with van der Waals surface area (Å²) in [5, 5.41) is 1.77. The van der Waals surface area contributed by atoms with Gasteiger partial charge in [0.25, 0.3) is 5.56 Å². The zero-order valence-electron chi connectivity index (χ0n) is 7.32. The third kappa shape index (κ3) is 1.28. The van der Waals surface area contributed by atoms with Crippen molar-refractivity contribution in [2.75, 3.05) is 6.54 Å². The minimum Gasteiger partial charge on any atom is -0.329 e. The Kier molecular flexibility index (Phi) is 2.22. The van der Waals surface area contributed by atoms with E-state index in [-0.39, 0.29) is 18.6 Å². The third-order valence-electron chi connectivity index (χ3n) is 1.94. The van der Waals surface area contributed by atoms with Crippen LogP contribution < -0.4 is 17.0 Å². The van der Waals surface area contributed by atoms with Gasteiger partial charge in [-0.3, -0.25) is 9.36 Å². The Labute approximate surface area is 82.8 Å². The van der Waals surface area contributed by atoms with Crippen molar-refractivity contribution in [2.24, 2.45) is 5.73 Å². The summed E-state index contributed by atoms with van der Waals surface area (Å²) in [5.74, 6) is 0. The number of nitrogens with zero attached hydrogens (tertiary/aromatic N) is 1. The Hall–Kier alpha value is -1.40. The van der Waals surface area contributed by atoms with Gasteiger partial charge in [0.15, 0.2) is 0 Å². The fourth-order valence-electron chi connectivity index (χ4n) is 1.30. The molecule has 0 atom stereocenters. The highest BCUT2D eigenvalue weighted by atomic mass is 32.1. The lowest BCUT2D eigenvalue weighted by Crippen LogP contribution is -2.36. The molecule has 2 rings (SSSR count). The molecule has 0 amide bonds. The number of nitrogens with one attached hydrogen (secondary N) is 1. The molecule has 0 unspecified atom stereocenters. The summed E-state index contributed by atoms with van der Waals surface area (Å²) in [6.45, 7) is 0.530. The number of nitrogens with two attached hydrogens (primary N) is 1. The van der Waals surface area contributed by atoms with Gasteiger partial charge in [-0.05, 0) is 11.4 Å². The highest BCUT2D eigenvalue weighted by molar-refractivity contribution is 7.17. The molecule has 0 fully saturated rings. The van der Waals surface area contributed by atoms with Crippen molar-refractivity contribution in [3.8, 4) is 0 Å². The number of thiophene rings is 1. The second kappa shape index (κ2) is 3.39. The molecule has 0 radical (unpaired) electrons. The fraction of sp³-hybridized carbons (Fsp3) is 0.250. The van der Waals surface area contributed by atoms with Gasteiger partial charge in [0.05, 0.1) is 5.52 Å². The lowest BCUT2D eigenvalue weighted by atomic mass is 10.4. The largest absolute Gasteiger partial charge is 0.329 e. The van der Waals surface area contributed by atoms with Gasteiger partial charge in [0, 0.05) is 13.1 Å². The number of hydrogen-bond acceptors (Lipinski definition) is 4. The molecule has 3 N–H and O–H groups in total. The predicted octanol–water partition coefficient (Wildman–Crippen LogP) is -0.290. The molecule has 2 aromatic heterocycles. The molecular weight excluding hydrogens is 202 g/mol. The van der Waals surface area contributed by atoms with E-state index in [1.54, 1.807) is 11.4 Å². The number of H-pyrrole nitrogens is 1. The van der Waals surface area contributed by atoms with Crippen molar-refractivity contribution in [1.29, 1.82) is 0 Å². The first-order valence-electron chi connectivity index (χ1n) is 4.14. The fourth-order valence-corrected chi connectivity index (χ4v) is 2.10. The quantitative estimate of drug-likeness (QED) is 0.716. The molecule has 0 aliphatic carbocycles. The first kappa shape index (κ1) is 9.17. The third-order valence-corrected chi connectivity index (χ3v) is 2.85. The summed E-state index contributed by atoms with van der Waals surface area (Å²) < 4.78 is 1.69. The topological polar surface area (TPSA) is 80.9 Å². The first-order chi connectivity index (χ1) is 6.74. The number of aromatic nitrogens is 2. The normalized spacial score (nSPS) is 10.9. The minimum absolute atomic E-state index is 0.252. The Morgan fingerprint density at radius 1 is 1.50 bits per heavy atom. The van der Waals surface area contributed by atoms with E-state index in [2.05, 4.69) is 4.98 Å². The van der Waals surface area contributed by atoms with Crippen LogP contribution in [0.5, 0.6) is 0 Å². The molecule has 0 saturated heterocycles. The van der Waals surface area contributed by atoms with E-state index < -0.39 is 5.69 Å². The highest BCUT2D eigenvalue weighted by Gasteiger charge is 2.06. The molecule has 0 saturated carbocycles. The van der Waals surface area contributed by atoms with E-state index in [4.69, 9.17) is 5.73 Å². The molecule has 2 aromatic rings. The lowest BCUT2D eigenvalue weighted by molar-refractivity contribution is 0.647. The molecular formula is C8H9N3O2S. The van der Waals surface area contributed by atoms with E-state index in [0.29, 0.717) is 10.2 Å². The van der Waals surface area contributed by atoms with E-state index in [0.717, 1.165) is 4.57 Å². The van der Waals surface area contributed by atoms with Crippen molar-refractivity contribution in [2.45, 2.75) is 6.54 Å². The summed E-state index contributed by atoms with van der Waals surface area (Å²) >= 11 is 1.32. The monoisotopic (exact) mass is 211 g/mol. The molecule has 2 heterocycles. The Bertz CT molecular complexity index is 566. The van der Waals surface area contributed by atoms with Crippen molar-refractivity contribution in [1.82, 2.24) is 9.55 Å². The van der Waals surface area contributed by atoms with Crippen molar-refractivity contribution < 1.29 is 0 Å². The number of hydrogen-bond donors (Lipinski definition) is 2. The summed E-state index contributed by atoms with van der Waals surface area (Å²) in [6.07, 6.45) is 0. The van der Waals surface area contributed by atoms with Gasteiger partial charge in [0.1, 0.15) is 4.70 Å². The summed E-state index contributed by atoms with van der Waals surface area (Å²) in [6, 6.07) is 1.72. The van der Waals surface area contributed by atoms with Crippen LogP contribution in [0.3, 0.4) is 0 Å². The lowest BCUT2D eigenvalue weighted by Gasteiger charge is -2.00. The van der Waals surface area contributed by atoms with Gasteiger partial charge in [0.2, 0.25) is 0 Å². The van der Waals surface area contributed by atoms with Gasteiger partial charge < -0.3 is 10.7 Å². The second-order valence-corrected chi connectivity index (χ2v) is 3.76. The molecule has 74 valence electrons. The number of aromatic amines is 1. The van der Waals surface area contributed by atoms with Gasteiger partial charge in [-0.2, -0.15) is 0 Å². The van der Waals surface area contributed by atoms with E-state index in [1.807, 2.05) is 0 Å². The molecule has 0 aliphatic heterocycles. The molecule has 14 heavy (non-hydrogen) atoms. The molecule has 6 heteroatoms. The second-order valence-electron chi connectivity index (χ2n) is 2.84. The maximum atomic E-state index is 11.7. The predicted molar refractivity (Wildman–Crippen MR) is 55.8 cm³/mol. The zero-order valence-corrected chi connectivity index (χ0v) is 8.13. The van der Waals surface area contributed by atoms with Gasteiger partial charge >= 0.3 is 5.69 Å². The van der Waals surface area contributed by atoms with Crippen molar-refractivity contribution in [3.63, 3.8) is 0 Å². The van der Waals surface area contributed by atoms with Gasteiger partial charge in [-0.15, -0.1) is 11.3 Å². The van der Waals surface area contributed by atoms with Gasteiger partial charge in [-0.25, -0.2) is 4.79 Å². The van der Waals surface area contributed by atoms with E-state index in [9.17, 15) is 9.59 Å². The highest BCUT2D eigenvalue weighted by Crippen LogP contribution is 2.11. The molecule has 0 spiro atoms. The Balaban J connectivity index is 2.83. The molecule has 0 aromatic carbocycles.